The molecule has 2 nitrogen and oxygen atoms in total. The average Bonchev–Trinajstić information content (AvgIpc) is 3.45. The SMILES string of the molecule is C/C=C\c1c(C)c2c(c3ccccc13)/C=C(/c1cccc(-c3nc4ccccc4n3-c3ccccc3)c1)C/C=C\C=C/C2. The molecule has 0 radical (unpaired) electrons. The molecule has 0 amide bonds. The Kier molecular flexibility index (Phi) is 7.18. The van der Waals surface area contributed by atoms with Crippen LogP contribution in [-0.2, 0) is 6.42 Å². The van der Waals surface area contributed by atoms with Crippen molar-refractivity contribution in [1.82, 2.24) is 9.55 Å². The fraction of sp³-hybridized carbons (Fsp3) is 0.0976. The first kappa shape index (κ1) is 26.7. The average molecular weight is 555 g/mol. The summed E-state index contributed by atoms with van der Waals surface area (Å²) in [5.74, 6) is 0.950. The van der Waals surface area contributed by atoms with Crippen molar-refractivity contribution in [2.45, 2.75) is 26.7 Å². The van der Waals surface area contributed by atoms with E-state index in [1.54, 1.807) is 0 Å². The molecule has 43 heavy (non-hydrogen) atoms. The molecule has 1 heterocycles. The summed E-state index contributed by atoms with van der Waals surface area (Å²) in [5, 5.41) is 2.60. The summed E-state index contributed by atoms with van der Waals surface area (Å²) >= 11 is 0. The molecule has 208 valence electrons. The van der Waals surface area contributed by atoms with Crippen LogP contribution in [0.2, 0.25) is 0 Å². The number of fused-ring (bicyclic) bond motifs is 4. The first-order valence-electron chi connectivity index (χ1n) is 15.1. The van der Waals surface area contributed by atoms with Gasteiger partial charge in [-0.15, -0.1) is 0 Å². The van der Waals surface area contributed by atoms with Crippen molar-refractivity contribution >= 4 is 39.5 Å². The van der Waals surface area contributed by atoms with Crippen molar-refractivity contribution in [3.8, 4) is 17.1 Å². The lowest BCUT2D eigenvalue weighted by Crippen LogP contribution is -2.00. The quantitative estimate of drug-likeness (QED) is 0.212. The van der Waals surface area contributed by atoms with Gasteiger partial charge in [-0.1, -0.05) is 109 Å². The van der Waals surface area contributed by atoms with Crippen molar-refractivity contribution in [3.05, 3.63) is 161 Å². The first-order chi connectivity index (χ1) is 21.2. The van der Waals surface area contributed by atoms with Crippen LogP contribution in [0.15, 0.2) is 134 Å². The standard InChI is InChI=1S/C41H34N2/c1-3-16-34-29(2)35-22-10-5-4-7-17-31(28-38(35)37-24-12-11-23-36(34)37)30-18-15-19-32(27-30)41-42-39-25-13-14-26-40(39)43(41)33-20-8-6-9-21-33/h3-16,18-21,23-28H,17,22H2,1-2H3/b7-4-,10-5-,16-3-,31-28+. The molecule has 0 aliphatic heterocycles. The van der Waals surface area contributed by atoms with E-state index in [1.807, 2.05) is 0 Å². The molecule has 2 heteroatoms. The third-order valence-corrected chi connectivity index (χ3v) is 8.45. The predicted octanol–water partition coefficient (Wildman–Crippen LogP) is 10.8. The third-order valence-electron chi connectivity index (χ3n) is 8.45. The largest absolute Gasteiger partial charge is 0.292 e. The number of benzene rings is 5. The van der Waals surface area contributed by atoms with Crippen molar-refractivity contribution in [2.75, 3.05) is 0 Å². The minimum Gasteiger partial charge on any atom is -0.292 e. The molecule has 0 unspecified atom stereocenters. The van der Waals surface area contributed by atoms with Crippen LogP contribution in [0.1, 0.15) is 41.2 Å². The van der Waals surface area contributed by atoms with Crippen molar-refractivity contribution in [1.29, 1.82) is 0 Å². The molecule has 6 aromatic rings. The topological polar surface area (TPSA) is 17.8 Å². The van der Waals surface area contributed by atoms with E-state index in [2.05, 4.69) is 164 Å². The lowest BCUT2D eigenvalue weighted by molar-refractivity contribution is 1.10. The summed E-state index contributed by atoms with van der Waals surface area (Å²) in [5.41, 5.74) is 12.2. The van der Waals surface area contributed by atoms with Gasteiger partial charge in [-0.05, 0) is 107 Å². The number of nitrogens with zero attached hydrogens (tertiary/aromatic N) is 2. The molecule has 0 spiro atoms. The fourth-order valence-corrected chi connectivity index (χ4v) is 6.38. The van der Waals surface area contributed by atoms with E-state index in [4.69, 9.17) is 4.98 Å². The smallest absolute Gasteiger partial charge is 0.145 e. The maximum Gasteiger partial charge on any atom is 0.145 e. The molecular weight excluding hydrogens is 520 g/mol. The van der Waals surface area contributed by atoms with Crippen LogP contribution < -0.4 is 0 Å². The molecule has 1 aliphatic rings. The van der Waals surface area contributed by atoms with Gasteiger partial charge in [-0.25, -0.2) is 4.98 Å². The molecule has 1 aliphatic carbocycles. The Morgan fingerprint density at radius 3 is 2.28 bits per heavy atom. The second kappa shape index (κ2) is 11.6. The molecule has 5 aromatic carbocycles. The van der Waals surface area contributed by atoms with Gasteiger partial charge in [-0.2, -0.15) is 0 Å². The van der Waals surface area contributed by atoms with Crippen LogP contribution in [0.4, 0.5) is 0 Å². The van der Waals surface area contributed by atoms with Gasteiger partial charge < -0.3 is 0 Å². The Morgan fingerprint density at radius 1 is 0.721 bits per heavy atom. The van der Waals surface area contributed by atoms with Gasteiger partial charge in [0.15, 0.2) is 0 Å². The van der Waals surface area contributed by atoms with Gasteiger partial charge in [0.25, 0.3) is 0 Å². The lowest BCUT2D eigenvalue weighted by atomic mass is 9.85. The summed E-state index contributed by atoms with van der Waals surface area (Å²) in [4.78, 5) is 5.14. The molecule has 7 rings (SSSR count). The van der Waals surface area contributed by atoms with E-state index in [9.17, 15) is 0 Å². The zero-order chi connectivity index (χ0) is 29.2. The van der Waals surface area contributed by atoms with Gasteiger partial charge in [-0.3, -0.25) is 4.57 Å². The van der Waals surface area contributed by atoms with Gasteiger partial charge in [0.1, 0.15) is 5.82 Å². The molecular formula is C41H34N2. The predicted molar refractivity (Wildman–Crippen MR) is 184 cm³/mol. The van der Waals surface area contributed by atoms with Crippen LogP contribution in [-0.4, -0.2) is 9.55 Å². The number of para-hydroxylation sites is 3. The zero-order valence-corrected chi connectivity index (χ0v) is 24.7. The highest BCUT2D eigenvalue weighted by molar-refractivity contribution is 6.02. The molecule has 0 fully saturated rings. The monoisotopic (exact) mass is 554 g/mol. The molecule has 0 atom stereocenters. The van der Waals surface area contributed by atoms with E-state index in [1.165, 1.54) is 44.2 Å². The Hall–Kier alpha value is -5.21. The number of hydrogen-bond donors (Lipinski definition) is 0. The highest BCUT2D eigenvalue weighted by Crippen LogP contribution is 2.37. The third kappa shape index (κ3) is 4.96. The highest BCUT2D eigenvalue weighted by atomic mass is 15.1. The summed E-state index contributed by atoms with van der Waals surface area (Å²) < 4.78 is 2.27. The van der Waals surface area contributed by atoms with E-state index in [0.29, 0.717) is 0 Å². The molecule has 0 saturated carbocycles. The normalized spacial score (nSPS) is 16.2. The molecule has 0 N–H and O–H groups in total. The van der Waals surface area contributed by atoms with Gasteiger partial charge in [0.05, 0.1) is 11.0 Å². The maximum absolute atomic E-state index is 5.14. The Bertz CT molecular complexity index is 2080. The van der Waals surface area contributed by atoms with Crippen molar-refractivity contribution in [2.24, 2.45) is 0 Å². The van der Waals surface area contributed by atoms with E-state index < -0.39 is 0 Å². The number of rotatable bonds is 4. The summed E-state index contributed by atoms with van der Waals surface area (Å²) in [6, 6.07) is 36.7. The fourth-order valence-electron chi connectivity index (χ4n) is 6.38. The summed E-state index contributed by atoms with van der Waals surface area (Å²) in [6.45, 7) is 4.38. The van der Waals surface area contributed by atoms with Gasteiger partial charge >= 0.3 is 0 Å². The Balaban J connectivity index is 1.44. The Labute approximate surface area is 253 Å². The van der Waals surface area contributed by atoms with Crippen LogP contribution in [0.5, 0.6) is 0 Å². The highest BCUT2D eigenvalue weighted by Gasteiger charge is 2.17. The zero-order valence-electron chi connectivity index (χ0n) is 24.7. The Morgan fingerprint density at radius 2 is 1.44 bits per heavy atom. The van der Waals surface area contributed by atoms with Crippen LogP contribution >= 0.6 is 0 Å². The minimum absolute atomic E-state index is 0.840. The van der Waals surface area contributed by atoms with Gasteiger partial charge in [0.2, 0.25) is 0 Å². The van der Waals surface area contributed by atoms with Crippen molar-refractivity contribution in [3.63, 3.8) is 0 Å². The first-order valence-corrected chi connectivity index (χ1v) is 15.1. The van der Waals surface area contributed by atoms with E-state index in [-0.39, 0.29) is 0 Å². The van der Waals surface area contributed by atoms with E-state index in [0.717, 1.165) is 41.0 Å². The van der Waals surface area contributed by atoms with E-state index >= 15 is 0 Å². The number of aromatic nitrogens is 2. The summed E-state index contributed by atoms with van der Waals surface area (Å²) in [7, 11) is 0. The summed E-state index contributed by atoms with van der Waals surface area (Å²) in [6.07, 6.45) is 17.5. The number of allylic oxidation sites excluding steroid dienone is 6. The second-order valence-corrected chi connectivity index (χ2v) is 11.1. The van der Waals surface area contributed by atoms with Crippen LogP contribution in [0.25, 0.3) is 56.6 Å². The minimum atomic E-state index is 0.840. The van der Waals surface area contributed by atoms with Crippen LogP contribution in [0.3, 0.4) is 0 Å². The van der Waals surface area contributed by atoms with Crippen LogP contribution in [0, 0.1) is 6.92 Å². The second-order valence-electron chi connectivity index (χ2n) is 11.1. The molecule has 1 aromatic heterocycles. The molecule has 0 saturated heterocycles. The number of imidazole rings is 1. The van der Waals surface area contributed by atoms with Crippen molar-refractivity contribution < 1.29 is 0 Å². The number of hydrogen-bond acceptors (Lipinski definition) is 1. The van der Waals surface area contributed by atoms with Gasteiger partial charge in [0, 0.05) is 11.3 Å². The maximum atomic E-state index is 5.14. The lowest BCUT2D eigenvalue weighted by Gasteiger charge is -2.19. The molecule has 0 bridgehead atoms.